The zero-order valence-corrected chi connectivity index (χ0v) is 10.5. The first-order valence-corrected chi connectivity index (χ1v) is 6.60. The Hall–Kier alpha value is -1.07. The molecule has 0 radical (unpaired) electrons. The number of nitrogens with zero attached hydrogens (tertiary/aromatic N) is 1. The second-order valence-electron chi connectivity index (χ2n) is 4.38. The maximum Gasteiger partial charge on any atom is 0.174 e. The quantitative estimate of drug-likeness (QED) is 0.837. The molecule has 0 aliphatic heterocycles. The molecule has 1 aliphatic carbocycles. The van der Waals surface area contributed by atoms with Gasteiger partial charge in [-0.25, -0.2) is 4.98 Å². The largest absolute Gasteiger partial charge is 0.383 e. The van der Waals surface area contributed by atoms with E-state index in [1.807, 2.05) is 0 Å². The molecule has 0 atom stereocenters. The van der Waals surface area contributed by atoms with Crippen molar-refractivity contribution in [2.45, 2.75) is 44.6 Å². The highest BCUT2D eigenvalue weighted by atomic mass is 32.1. The summed E-state index contributed by atoms with van der Waals surface area (Å²) in [6, 6.07) is 0. The van der Waals surface area contributed by atoms with Crippen LogP contribution in [0.15, 0.2) is 6.20 Å². The Kier molecular flexibility index (Phi) is 3.40. The second kappa shape index (κ2) is 4.66. The Morgan fingerprint density at radius 3 is 2.76 bits per heavy atom. The van der Waals surface area contributed by atoms with Crippen LogP contribution in [0, 0.1) is 0 Å². The van der Waals surface area contributed by atoms with Crippen molar-refractivity contribution in [2.24, 2.45) is 0 Å². The lowest BCUT2D eigenvalue weighted by molar-refractivity contribution is -0.125. The smallest absolute Gasteiger partial charge is 0.174 e. The third-order valence-electron chi connectivity index (χ3n) is 3.13. The molecule has 1 aromatic rings. The van der Waals surface area contributed by atoms with E-state index in [9.17, 15) is 14.7 Å². The lowest BCUT2D eigenvalue weighted by Gasteiger charge is -2.29. The molecular formula is C12H15NO3S. The van der Waals surface area contributed by atoms with Gasteiger partial charge in [0.05, 0.1) is 4.88 Å². The van der Waals surface area contributed by atoms with Crippen LogP contribution >= 0.6 is 11.3 Å². The van der Waals surface area contributed by atoms with Crippen LogP contribution in [-0.2, 0) is 10.4 Å². The summed E-state index contributed by atoms with van der Waals surface area (Å²) in [5, 5.41) is 11.0. The van der Waals surface area contributed by atoms with Crippen molar-refractivity contribution in [3.8, 4) is 0 Å². The predicted octanol–water partition coefficient (Wildman–Crippen LogP) is 2.07. The van der Waals surface area contributed by atoms with E-state index in [4.69, 9.17) is 0 Å². The van der Waals surface area contributed by atoms with E-state index in [0.717, 1.165) is 0 Å². The Bertz CT molecular complexity index is 442. The van der Waals surface area contributed by atoms with Gasteiger partial charge in [0.25, 0.3) is 0 Å². The molecule has 1 fully saturated rings. The van der Waals surface area contributed by atoms with Gasteiger partial charge in [-0.2, -0.15) is 0 Å². The fourth-order valence-electron chi connectivity index (χ4n) is 1.95. The summed E-state index contributed by atoms with van der Waals surface area (Å²) in [6.45, 7) is 1.80. The molecule has 1 saturated carbocycles. The summed E-state index contributed by atoms with van der Waals surface area (Å²) in [6.07, 6.45) is 3.59. The maximum atomic E-state index is 11.5. The summed E-state index contributed by atoms with van der Waals surface area (Å²) in [5.74, 6) is 0.236. The number of thiazole rings is 1. The third-order valence-corrected chi connectivity index (χ3v) is 4.37. The monoisotopic (exact) mass is 253 g/mol. The van der Waals surface area contributed by atoms with Crippen LogP contribution in [0.5, 0.6) is 0 Å². The molecule has 0 bridgehead atoms. The van der Waals surface area contributed by atoms with Gasteiger partial charge in [0, 0.05) is 25.5 Å². The molecule has 1 aliphatic rings. The van der Waals surface area contributed by atoms with E-state index >= 15 is 0 Å². The highest BCUT2D eigenvalue weighted by Gasteiger charge is 2.36. The first-order valence-electron chi connectivity index (χ1n) is 5.79. The molecule has 2 rings (SSSR count). The van der Waals surface area contributed by atoms with Gasteiger partial charge in [-0.05, 0) is 12.8 Å². The number of Topliss-reactive ketones (excluding diaryl/α,β-unsaturated/α-hetero) is 2. The van der Waals surface area contributed by atoms with Crippen molar-refractivity contribution in [1.29, 1.82) is 0 Å². The number of aromatic nitrogens is 1. The predicted molar refractivity (Wildman–Crippen MR) is 64.1 cm³/mol. The van der Waals surface area contributed by atoms with Gasteiger partial charge >= 0.3 is 0 Å². The maximum absolute atomic E-state index is 11.5. The fraction of sp³-hybridized carbons (Fsp3) is 0.583. The molecule has 1 heterocycles. The summed E-state index contributed by atoms with van der Waals surface area (Å²) in [5.41, 5.74) is -1.01. The summed E-state index contributed by atoms with van der Waals surface area (Å²) >= 11 is 1.25. The van der Waals surface area contributed by atoms with E-state index in [0.29, 0.717) is 42.0 Å². The molecular weight excluding hydrogens is 238 g/mol. The molecule has 1 N–H and O–H groups in total. The van der Waals surface area contributed by atoms with Crippen LogP contribution in [0.3, 0.4) is 0 Å². The number of hydrogen-bond donors (Lipinski definition) is 1. The highest BCUT2D eigenvalue weighted by molar-refractivity contribution is 7.13. The topological polar surface area (TPSA) is 67.3 Å². The number of aliphatic hydroxyl groups is 1. The normalized spacial score (nSPS) is 19.3. The van der Waals surface area contributed by atoms with Crippen LogP contribution in [0.1, 0.15) is 53.7 Å². The van der Waals surface area contributed by atoms with Gasteiger partial charge in [0.1, 0.15) is 16.4 Å². The molecule has 4 nitrogen and oxygen atoms in total. The average molecular weight is 253 g/mol. The minimum Gasteiger partial charge on any atom is -0.383 e. The zero-order valence-electron chi connectivity index (χ0n) is 9.73. The SMILES string of the molecule is CCC(=O)c1cnc(C2(O)CCC(=O)CC2)s1. The van der Waals surface area contributed by atoms with Crippen molar-refractivity contribution in [3.63, 3.8) is 0 Å². The van der Waals surface area contributed by atoms with Crippen molar-refractivity contribution in [1.82, 2.24) is 4.98 Å². The second-order valence-corrected chi connectivity index (χ2v) is 5.41. The first kappa shape index (κ1) is 12.4. The number of rotatable bonds is 3. The van der Waals surface area contributed by atoms with E-state index in [2.05, 4.69) is 4.98 Å². The molecule has 92 valence electrons. The van der Waals surface area contributed by atoms with Crippen LogP contribution in [0.25, 0.3) is 0 Å². The molecule has 0 saturated heterocycles. The molecule has 0 aromatic carbocycles. The van der Waals surface area contributed by atoms with Crippen LogP contribution in [0.2, 0.25) is 0 Å². The van der Waals surface area contributed by atoms with Crippen molar-refractivity contribution in [3.05, 3.63) is 16.1 Å². The fourth-order valence-corrected chi connectivity index (χ4v) is 3.02. The van der Waals surface area contributed by atoms with Gasteiger partial charge in [-0.1, -0.05) is 6.92 Å². The highest BCUT2D eigenvalue weighted by Crippen LogP contribution is 2.37. The molecule has 17 heavy (non-hydrogen) atoms. The molecule has 0 unspecified atom stereocenters. The first-order chi connectivity index (χ1) is 8.05. The Morgan fingerprint density at radius 1 is 1.53 bits per heavy atom. The number of carbonyl (C=O) groups is 2. The van der Waals surface area contributed by atoms with Crippen LogP contribution < -0.4 is 0 Å². The van der Waals surface area contributed by atoms with Gasteiger partial charge in [0.2, 0.25) is 0 Å². The van der Waals surface area contributed by atoms with Gasteiger partial charge in [0.15, 0.2) is 5.78 Å². The Labute approximate surface area is 104 Å². The molecule has 1 aromatic heterocycles. The van der Waals surface area contributed by atoms with Gasteiger partial charge in [-0.15, -0.1) is 11.3 Å². The van der Waals surface area contributed by atoms with Crippen LogP contribution in [-0.4, -0.2) is 21.7 Å². The average Bonchev–Trinajstić information content (AvgIpc) is 2.82. The van der Waals surface area contributed by atoms with E-state index < -0.39 is 5.60 Å². The summed E-state index contributed by atoms with van der Waals surface area (Å²) in [7, 11) is 0. The van der Waals surface area contributed by atoms with Gasteiger partial charge < -0.3 is 5.11 Å². The standard InChI is InChI=1S/C12H15NO3S/c1-2-9(15)10-7-13-11(17-10)12(16)5-3-8(14)4-6-12/h7,16H,2-6H2,1H3. The molecule has 5 heteroatoms. The lowest BCUT2D eigenvalue weighted by Crippen LogP contribution is -2.31. The van der Waals surface area contributed by atoms with E-state index in [1.54, 1.807) is 6.92 Å². The minimum absolute atomic E-state index is 0.0456. The summed E-state index contributed by atoms with van der Waals surface area (Å²) in [4.78, 5) is 27.4. The lowest BCUT2D eigenvalue weighted by atomic mass is 9.85. The minimum atomic E-state index is -1.01. The number of carbonyl (C=O) groups excluding carboxylic acids is 2. The van der Waals surface area contributed by atoms with E-state index in [1.165, 1.54) is 17.5 Å². The number of ketones is 2. The zero-order chi connectivity index (χ0) is 12.5. The van der Waals surface area contributed by atoms with Crippen LogP contribution in [0.4, 0.5) is 0 Å². The van der Waals surface area contributed by atoms with Crippen molar-refractivity contribution < 1.29 is 14.7 Å². The third kappa shape index (κ3) is 2.45. The van der Waals surface area contributed by atoms with Crippen molar-refractivity contribution in [2.75, 3.05) is 0 Å². The summed E-state index contributed by atoms with van der Waals surface area (Å²) < 4.78 is 0. The van der Waals surface area contributed by atoms with Gasteiger partial charge in [-0.3, -0.25) is 9.59 Å². The Morgan fingerprint density at radius 2 is 2.18 bits per heavy atom. The number of hydrogen-bond acceptors (Lipinski definition) is 5. The van der Waals surface area contributed by atoms with Crippen molar-refractivity contribution >= 4 is 22.9 Å². The molecule has 0 spiro atoms. The van der Waals surface area contributed by atoms with E-state index in [-0.39, 0.29) is 11.6 Å². The molecule has 0 amide bonds. The Balaban J connectivity index is 2.19.